The van der Waals surface area contributed by atoms with Gasteiger partial charge in [0.2, 0.25) is 0 Å². The summed E-state index contributed by atoms with van der Waals surface area (Å²) in [6, 6.07) is 5.63. The molecule has 102 valence electrons. The Balaban J connectivity index is 1.99. The highest BCUT2D eigenvalue weighted by Gasteiger charge is 2.30. The van der Waals surface area contributed by atoms with Gasteiger partial charge >= 0.3 is 5.76 Å². The quantitative estimate of drug-likeness (QED) is 0.891. The van der Waals surface area contributed by atoms with E-state index in [0.29, 0.717) is 11.5 Å². The number of rotatable bonds is 2. The number of oxazole rings is 1. The van der Waals surface area contributed by atoms with E-state index in [9.17, 15) is 4.79 Å². The highest BCUT2D eigenvalue weighted by atomic mass is 16.5. The standard InChI is InChI=1S/C14H18N2O3/c1-8-10(5-6-18-8)13(15)9-3-4-11-12(7-9)19-14(17)16(11)2/h3-4,7-8,10,13H,5-6,15H2,1-2H3. The zero-order valence-corrected chi connectivity index (χ0v) is 11.1. The van der Waals surface area contributed by atoms with Gasteiger partial charge in [0, 0.05) is 25.6 Å². The first-order valence-electron chi connectivity index (χ1n) is 6.54. The molecule has 1 aliphatic rings. The highest BCUT2D eigenvalue weighted by molar-refractivity contribution is 5.73. The minimum absolute atomic E-state index is 0.0904. The van der Waals surface area contributed by atoms with Crippen molar-refractivity contribution >= 4 is 11.1 Å². The van der Waals surface area contributed by atoms with E-state index in [4.69, 9.17) is 14.9 Å². The van der Waals surface area contributed by atoms with Gasteiger partial charge in [0.25, 0.3) is 0 Å². The molecule has 1 aromatic carbocycles. The number of fused-ring (bicyclic) bond motifs is 1. The Labute approximate surface area is 111 Å². The van der Waals surface area contributed by atoms with Crippen molar-refractivity contribution in [2.75, 3.05) is 6.61 Å². The largest absolute Gasteiger partial charge is 0.419 e. The van der Waals surface area contributed by atoms with Gasteiger partial charge < -0.3 is 14.9 Å². The molecule has 2 N–H and O–H groups in total. The Kier molecular flexibility index (Phi) is 2.95. The van der Waals surface area contributed by atoms with E-state index in [0.717, 1.165) is 24.1 Å². The van der Waals surface area contributed by atoms with Crippen molar-refractivity contribution < 1.29 is 9.15 Å². The average Bonchev–Trinajstić information content (AvgIpc) is 2.93. The number of ether oxygens (including phenoxy) is 1. The third-order valence-corrected chi connectivity index (χ3v) is 4.10. The molecule has 3 unspecified atom stereocenters. The molecule has 3 atom stereocenters. The van der Waals surface area contributed by atoms with Crippen LogP contribution in [0.5, 0.6) is 0 Å². The molecule has 0 spiro atoms. The van der Waals surface area contributed by atoms with Crippen LogP contribution < -0.4 is 11.5 Å². The Hall–Kier alpha value is -1.59. The monoisotopic (exact) mass is 262 g/mol. The normalized spacial score (nSPS) is 25.0. The first-order valence-corrected chi connectivity index (χ1v) is 6.54. The molecular formula is C14H18N2O3. The van der Waals surface area contributed by atoms with Gasteiger partial charge in [0.15, 0.2) is 5.58 Å². The highest BCUT2D eigenvalue weighted by Crippen LogP contribution is 2.32. The van der Waals surface area contributed by atoms with E-state index in [1.54, 1.807) is 7.05 Å². The van der Waals surface area contributed by atoms with Crippen LogP contribution in [0.2, 0.25) is 0 Å². The Morgan fingerprint density at radius 3 is 2.95 bits per heavy atom. The molecular weight excluding hydrogens is 244 g/mol. The van der Waals surface area contributed by atoms with Gasteiger partial charge in [-0.15, -0.1) is 0 Å². The summed E-state index contributed by atoms with van der Waals surface area (Å²) < 4.78 is 12.3. The van der Waals surface area contributed by atoms with Crippen molar-refractivity contribution in [3.05, 3.63) is 34.3 Å². The van der Waals surface area contributed by atoms with Gasteiger partial charge in [0.05, 0.1) is 11.6 Å². The van der Waals surface area contributed by atoms with Gasteiger partial charge in [-0.3, -0.25) is 4.57 Å². The average molecular weight is 262 g/mol. The molecule has 0 saturated carbocycles. The summed E-state index contributed by atoms with van der Waals surface area (Å²) in [5.41, 5.74) is 8.69. The number of hydrogen-bond donors (Lipinski definition) is 1. The van der Waals surface area contributed by atoms with Crippen molar-refractivity contribution in [1.82, 2.24) is 4.57 Å². The second kappa shape index (κ2) is 4.51. The molecule has 1 aromatic heterocycles. The molecule has 0 aliphatic carbocycles. The molecule has 0 radical (unpaired) electrons. The van der Waals surface area contributed by atoms with Crippen LogP contribution in [-0.4, -0.2) is 17.3 Å². The number of aryl methyl sites for hydroxylation is 1. The summed E-state index contributed by atoms with van der Waals surface area (Å²) in [7, 11) is 1.70. The minimum Gasteiger partial charge on any atom is -0.408 e. The number of benzene rings is 1. The number of nitrogens with zero attached hydrogens (tertiary/aromatic N) is 1. The van der Waals surface area contributed by atoms with E-state index in [2.05, 4.69) is 6.92 Å². The molecule has 0 amide bonds. The summed E-state index contributed by atoms with van der Waals surface area (Å²) in [4.78, 5) is 11.5. The maximum Gasteiger partial charge on any atom is 0.419 e. The number of nitrogens with two attached hydrogens (primary N) is 1. The summed E-state index contributed by atoms with van der Waals surface area (Å²) in [6.45, 7) is 2.82. The second-order valence-corrected chi connectivity index (χ2v) is 5.21. The maximum atomic E-state index is 11.5. The number of aromatic nitrogens is 1. The first kappa shape index (κ1) is 12.4. The van der Waals surface area contributed by atoms with Crippen molar-refractivity contribution in [3.63, 3.8) is 0 Å². The van der Waals surface area contributed by atoms with Gasteiger partial charge in [-0.25, -0.2) is 4.79 Å². The fraction of sp³-hybridized carbons (Fsp3) is 0.500. The van der Waals surface area contributed by atoms with Crippen LogP contribution >= 0.6 is 0 Å². The lowest BCUT2D eigenvalue weighted by atomic mass is 9.89. The van der Waals surface area contributed by atoms with Crippen LogP contribution in [-0.2, 0) is 11.8 Å². The first-order chi connectivity index (χ1) is 9.08. The molecule has 19 heavy (non-hydrogen) atoms. The van der Waals surface area contributed by atoms with E-state index in [-0.39, 0.29) is 17.9 Å². The lowest BCUT2D eigenvalue weighted by Gasteiger charge is -2.22. The molecule has 5 heteroatoms. The van der Waals surface area contributed by atoms with Gasteiger partial charge in [-0.1, -0.05) is 6.07 Å². The molecule has 2 aromatic rings. The minimum atomic E-state index is -0.349. The van der Waals surface area contributed by atoms with E-state index < -0.39 is 0 Å². The van der Waals surface area contributed by atoms with Crippen LogP contribution in [0.25, 0.3) is 11.1 Å². The predicted octanol–water partition coefficient (Wildman–Crippen LogP) is 1.56. The topological polar surface area (TPSA) is 70.4 Å². The van der Waals surface area contributed by atoms with Crippen LogP contribution in [0.15, 0.2) is 27.4 Å². The third kappa shape index (κ3) is 1.99. The molecule has 3 rings (SSSR count). The zero-order valence-electron chi connectivity index (χ0n) is 11.1. The number of hydrogen-bond acceptors (Lipinski definition) is 4. The fourth-order valence-electron chi connectivity index (χ4n) is 2.82. The summed E-state index contributed by atoms with van der Waals surface area (Å²) in [5.74, 6) is -0.0360. The van der Waals surface area contributed by atoms with E-state index in [1.807, 2.05) is 18.2 Å². The molecule has 5 nitrogen and oxygen atoms in total. The van der Waals surface area contributed by atoms with Crippen LogP contribution in [0.1, 0.15) is 24.9 Å². The smallest absolute Gasteiger partial charge is 0.408 e. The third-order valence-electron chi connectivity index (χ3n) is 4.10. The summed E-state index contributed by atoms with van der Waals surface area (Å²) in [5, 5.41) is 0. The van der Waals surface area contributed by atoms with Gasteiger partial charge in [0.1, 0.15) is 0 Å². The second-order valence-electron chi connectivity index (χ2n) is 5.21. The fourth-order valence-corrected chi connectivity index (χ4v) is 2.82. The van der Waals surface area contributed by atoms with E-state index >= 15 is 0 Å². The van der Waals surface area contributed by atoms with Crippen LogP contribution in [0.4, 0.5) is 0 Å². The van der Waals surface area contributed by atoms with Gasteiger partial charge in [-0.2, -0.15) is 0 Å². The molecule has 1 aliphatic heterocycles. The Morgan fingerprint density at radius 2 is 2.26 bits per heavy atom. The van der Waals surface area contributed by atoms with Crippen molar-refractivity contribution in [1.29, 1.82) is 0 Å². The predicted molar refractivity (Wildman–Crippen MR) is 71.9 cm³/mol. The molecule has 1 saturated heterocycles. The van der Waals surface area contributed by atoms with Gasteiger partial charge in [-0.05, 0) is 31.0 Å². The SMILES string of the molecule is CC1OCCC1C(N)c1ccc2c(c1)oc(=O)n2C. The summed E-state index contributed by atoms with van der Waals surface area (Å²) in [6.07, 6.45) is 1.15. The summed E-state index contributed by atoms with van der Waals surface area (Å²) >= 11 is 0. The zero-order chi connectivity index (χ0) is 13.6. The van der Waals surface area contributed by atoms with Crippen molar-refractivity contribution in [2.24, 2.45) is 18.7 Å². The molecule has 0 bridgehead atoms. The van der Waals surface area contributed by atoms with E-state index in [1.165, 1.54) is 4.57 Å². The lowest BCUT2D eigenvalue weighted by Crippen LogP contribution is -2.26. The maximum absolute atomic E-state index is 11.5. The Morgan fingerprint density at radius 1 is 1.47 bits per heavy atom. The Bertz CT molecular complexity index is 658. The van der Waals surface area contributed by atoms with Crippen molar-refractivity contribution in [2.45, 2.75) is 25.5 Å². The van der Waals surface area contributed by atoms with Crippen LogP contribution in [0.3, 0.4) is 0 Å². The lowest BCUT2D eigenvalue weighted by molar-refractivity contribution is 0.0995. The molecule has 1 fully saturated rings. The van der Waals surface area contributed by atoms with Crippen molar-refractivity contribution in [3.8, 4) is 0 Å². The van der Waals surface area contributed by atoms with Crippen LogP contribution in [0, 0.1) is 5.92 Å². The molecule has 2 heterocycles.